The predicted octanol–water partition coefficient (Wildman–Crippen LogP) is 1.47. The van der Waals surface area contributed by atoms with Crippen LogP contribution in [0.15, 0.2) is 24.3 Å². The molecule has 0 heterocycles. The van der Waals surface area contributed by atoms with E-state index in [1.807, 2.05) is 31.2 Å². The lowest BCUT2D eigenvalue weighted by Crippen LogP contribution is -2.36. The normalized spacial score (nSPS) is 9.50. The lowest BCUT2D eigenvalue weighted by Gasteiger charge is -2.17. The van der Waals surface area contributed by atoms with Gasteiger partial charge in [0.2, 0.25) is 5.91 Å². The molecule has 1 amide bonds. The minimum Gasteiger partial charge on any atom is -0.491 e. The van der Waals surface area contributed by atoms with Crippen molar-refractivity contribution in [3.63, 3.8) is 0 Å². The third-order valence-electron chi connectivity index (χ3n) is 2.53. The van der Waals surface area contributed by atoms with Crippen LogP contribution in [-0.4, -0.2) is 44.6 Å². The summed E-state index contributed by atoms with van der Waals surface area (Å²) in [4.78, 5) is 13.1. The molecule has 0 atom stereocenters. The molecular weight excluding hydrogens is 252 g/mol. The van der Waals surface area contributed by atoms with Crippen molar-refractivity contribution < 1.29 is 9.53 Å². The van der Waals surface area contributed by atoms with E-state index in [1.54, 1.807) is 19.0 Å². The molecule has 5 heteroatoms. The molecular formula is C13H21ClN2O2. The molecule has 0 spiro atoms. The van der Waals surface area contributed by atoms with Crippen molar-refractivity contribution in [2.24, 2.45) is 0 Å². The molecule has 0 saturated heterocycles. The smallest absolute Gasteiger partial charge is 0.236 e. The van der Waals surface area contributed by atoms with E-state index >= 15 is 0 Å². The predicted molar refractivity (Wildman–Crippen MR) is 75.5 cm³/mol. The highest BCUT2D eigenvalue weighted by molar-refractivity contribution is 5.85. The Kier molecular flexibility index (Phi) is 8.16. The van der Waals surface area contributed by atoms with Crippen molar-refractivity contribution in [2.45, 2.75) is 6.92 Å². The van der Waals surface area contributed by atoms with Crippen LogP contribution in [0, 0.1) is 6.92 Å². The van der Waals surface area contributed by atoms with E-state index in [0.29, 0.717) is 19.7 Å². The Labute approximate surface area is 115 Å². The molecule has 0 aliphatic rings. The molecule has 0 radical (unpaired) electrons. The summed E-state index contributed by atoms with van der Waals surface area (Å²) in [6.45, 7) is 3.47. The number of ether oxygens (including phenoxy) is 1. The van der Waals surface area contributed by atoms with E-state index in [4.69, 9.17) is 4.74 Å². The van der Waals surface area contributed by atoms with E-state index in [2.05, 4.69) is 5.32 Å². The van der Waals surface area contributed by atoms with Gasteiger partial charge in [-0.3, -0.25) is 4.79 Å². The maximum atomic E-state index is 11.5. The van der Waals surface area contributed by atoms with E-state index in [9.17, 15) is 4.79 Å². The Balaban J connectivity index is 0.00000289. The Bertz CT molecular complexity index is 372. The number of nitrogens with zero attached hydrogens (tertiary/aromatic N) is 1. The van der Waals surface area contributed by atoms with Crippen molar-refractivity contribution in [1.82, 2.24) is 10.2 Å². The first kappa shape index (κ1) is 16.7. The average Bonchev–Trinajstić information content (AvgIpc) is 2.31. The molecule has 0 unspecified atom stereocenters. The fourth-order valence-electron chi connectivity index (χ4n) is 1.42. The van der Waals surface area contributed by atoms with Gasteiger partial charge in [0.25, 0.3) is 0 Å². The van der Waals surface area contributed by atoms with Gasteiger partial charge in [0.15, 0.2) is 0 Å². The van der Waals surface area contributed by atoms with E-state index in [0.717, 1.165) is 11.3 Å². The van der Waals surface area contributed by atoms with Crippen molar-refractivity contribution >= 4 is 18.3 Å². The number of benzene rings is 1. The van der Waals surface area contributed by atoms with Crippen LogP contribution in [0.1, 0.15) is 5.56 Å². The molecule has 1 rings (SSSR count). The molecule has 0 fully saturated rings. The van der Waals surface area contributed by atoms with E-state index in [1.165, 1.54) is 0 Å². The highest BCUT2D eigenvalue weighted by atomic mass is 35.5. The van der Waals surface area contributed by atoms with Gasteiger partial charge in [0.1, 0.15) is 12.4 Å². The lowest BCUT2D eigenvalue weighted by atomic mass is 10.2. The molecule has 1 aromatic rings. The topological polar surface area (TPSA) is 41.6 Å². The maximum absolute atomic E-state index is 11.5. The molecule has 1 aromatic carbocycles. The second kappa shape index (κ2) is 8.78. The molecule has 1 N–H and O–H groups in total. The fraction of sp³-hybridized carbons (Fsp3) is 0.462. The van der Waals surface area contributed by atoms with Gasteiger partial charge in [-0.2, -0.15) is 0 Å². The Morgan fingerprint density at radius 1 is 1.39 bits per heavy atom. The minimum atomic E-state index is 0. The van der Waals surface area contributed by atoms with Crippen molar-refractivity contribution in [1.29, 1.82) is 0 Å². The van der Waals surface area contributed by atoms with Crippen molar-refractivity contribution in [3.05, 3.63) is 29.8 Å². The van der Waals surface area contributed by atoms with Crippen molar-refractivity contribution in [3.8, 4) is 5.75 Å². The molecule has 4 nitrogen and oxygen atoms in total. The first-order valence-corrected chi connectivity index (χ1v) is 5.72. The first-order valence-electron chi connectivity index (χ1n) is 5.72. The number of rotatable bonds is 6. The molecule has 0 saturated carbocycles. The number of para-hydroxylation sites is 1. The number of carbonyl (C=O) groups is 1. The Morgan fingerprint density at radius 3 is 2.67 bits per heavy atom. The Hall–Kier alpha value is -1.26. The first-order chi connectivity index (χ1) is 8.15. The van der Waals surface area contributed by atoms with Crippen LogP contribution < -0.4 is 10.1 Å². The molecule has 18 heavy (non-hydrogen) atoms. The van der Waals surface area contributed by atoms with Gasteiger partial charge in [-0.15, -0.1) is 12.4 Å². The zero-order valence-electron chi connectivity index (χ0n) is 11.1. The summed E-state index contributed by atoms with van der Waals surface area (Å²) in [6, 6.07) is 7.86. The van der Waals surface area contributed by atoms with Gasteiger partial charge >= 0.3 is 0 Å². The molecule has 0 aromatic heterocycles. The average molecular weight is 273 g/mol. The van der Waals surface area contributed by atoms with Gasteiger partial charge in [-0.25, -0.2) is 0 Å². The minimum absolute atomic E-state index is 0. The molecule has 0 aliphatic carbocycles. The summed E-state index contributed by atoms with van der Waals surface area (Å²) < 4.78 is 5.62. The number of halogens is 1. The van der Waals surface area contributed by atoms with Crippen LogP contribution >= 0.6 is 12.4 Å². The van der Waals surface area contributed by atoms with E-state index < -0.39 is 0 Å². The van der Waals surface area contributed by atoms with Gasteiger partial charge < -0.3 is 15.0 Å². The fourth-order valence-corrected chi connectivity index (χ4v) is 1.42. The highest BCUT2D eigenvalue weighted by Crippen LogP contribution is 2.15. The third kappa shape index (κ3) is 5.38. The summed E-state index contributed by atoms with van der Waals surface area (Å²) in [5, 5.41) is 2.83. The van der Waals surface area contributed by atoms with Crippen molar-refractivity contribution in [2.75, 3.05) is 33.8 Å². The van der Waals surface area contributed by atoms with Gasteiger partial charge in [-0.05, 0) is 25.6 Å². The molecule has 0 aliphatic heterocycles. The largest absolute Gasteiger partial charge is 0.491 e. The Morgan fingerprint density at radius 2 is 2.06 bits per heavy atom. The SMILES string of the molecule is CNCC(=O)N(C)CCOc1ccccc1C.Cl. The number of hydrogen-bond donors (Lipinski definition) is 1. The van der Waals surface area contributed by atoms with Crippen LogP contribution in [0.25, 0.3) is 0 Å². The summed E-state index contributed by atoms with van der Waals surface area (Å²) >= 11 is 0. The standard InChI is InChI=1S/C13H20N2O2.ClH/c1-11-6-4-5-7-12(11)17-9-8-15(3)13(16)10-14-2;/h4-7,14H,8-10H2,1-3H3;1H. The van der Waals surface area contributed by atoms with Crippen LogP contribution in [0.3, 0.4) is 0 Å². The van der Waals surface area contributed by atoms with Gasteiger partial charge in [0, 0.05) is 7.05 Å². The van der Waals surface area contributed by atoms with Crippen LogP contribution in [0.4, 0.5) is 0 Å². The monoisotopic (exact) mass is 272 g/mol. The van der Waals surface area contributed by atoms with Crippen LogP contribution in [0.5, 0.6) is 5.75 Å². The summed E-state index contributed by atoms with van der Waals surface area (Å²) in [5.74, 6) is 0.947. The number of hydrogen-bond acceptors (Lipinski definition) is 3. The number of amides is 1. The quantitative estimate of drug-likeness (QED) is 0.853. The number of nitrogens with one attached hydrogen (secondary N) is 1. The molecule has 102 valence electrons. The van der Waals surface area contributed by atoms with Gasteiger partial charge in [-0.1, -0.05) is 18.2 Å². The van der Waals surface area contributed by atoms with E-state index in [-0.39, 0.29) is 18.3 Å². The zero-order chi connectivity index (χ0) is 12.7. The number of carbonyl (C=O) groups excluding carboxylic acids is 1. The van der Waals surface area contributed by atoms with Crippen LogP contribution in [-0.2, 0) is 4.79 Å². The highest BCUT2D eigenvalue weighted by Gasteiger charge is 2.07. The lowest BCUT2D eigenvalue weighted by molar-refractivity contribution is -0.129. The van der Waals surface area contributed by atoms with Gasteiger partial charge in [0.05, 0.1) is 13.1 Å². The summed E-state index contributed by atoms with van der Waals surface area (Å²) in [5.41, 5.74) is 1.11. The summed E-state index contributed by atoms with van der Waals surface area (Å²) in [7, 11) is 3.54. The van der Waals surface area contributed by atoms with Crippen LogP contribution in [0.2, 0.25) is 0 Å². The zero-order valence-corrected chi connectivity index (χ0v) is 11.9. The number of likely N-dealkylation sites (N-methyl/N-ethyl adjacent to an activating group) is 2. The molecule has 0 bridgehead atoms. The third-order valence-corrected chi connectivity index (χ3v) is 2.53. The maximum Gasteiger partial charge on any atom is 0.236 e. The second-order valence-corrected chi connectivity index (χ2v) is 3.96. The summed E-state index contributed by atoms with van der Waals surface area (Å²) in [6.07, 6.45) is 0. The number of aryl methyl sites for hydroxylation is 1. The second-order valence-electron chi connectivity index (χ2n) is 3.96.